The molecular weight excluding hydrogens is 406 g/mol. The van der Waals surface area contributed by atoms with Crippen molar-refractivity contribution in [2.75, 3.05) is 36.9 Å². The van der Waals surface area contributed by atoms with Crippen LogP contribution in [0, 0.1) is 6.92 Å². The number of hydrogen-bond donors (Lipinski definition) is 2. The number of likely N-dealkylation sites (N-methyl/N-ethyl adjacent to an activating group) is 1. The predicted molar refractivity (Wildman–Crippen MR) is 113 cm³/mol. The fourth-order valence-corrected chi connectivity index (χ4v) is 4.69. The first-order chi connectivity index (χ1) is 14.3. The standard InChI is InChI=1S/C18H25N9O2S/c1-10-9-13(30-24-10)20-16-14(15(19)28)22-23-17(21-16)26-6-4-5-12(11(26)2)27-8-7-25(3)18(27)29/h9,11-12H,4-8H2,1-3H3,(H2,19,28)(H,20,21,23)/t11-,12-/m1/s1. The van der Waals surface area contributed by atoms with Gasteiger partial charge in [-0.1, -0.05) is 0 Å². The van der Waals surface area contributed by atoms with Gasteiger partial charge in [0.15, 0.2) is 11.5 Å². The van der Waals surface area contributed by atoms with Gasteiger partial charge in [0, 0.05) is 32.7 Å². The molecule has 2 aromatic rings. The molecule has 2 aromatic heterocycles. The molecule has 2 aliphatic heterocycles. The Labute approximate surface area is 178 Å². The van der Waals surface area contributed by atoms with Gasteiger partial charge in [-0.3, -0.25) is 4.79 Å². The summed E-state index contributed by atoms with van der Waals surface area (Å²) in [5.74, 6) is -0.0519. The van der Waals surface area contributed by atoms with E-state index in [1.54, 1.807) is 4.90 Å². The molecule has 0 aliphatic carbocycles. The molecule has 0 aromatic carbocycles. The van der Waals surface area contributed by atoms with Gasteiger partial charge in [-0.2, -0.15) is 9.36 Å². The van der Waals surface area contributed by atoms with Crippen LogP contribution in [-0.4, -0.2) is 80.1 Å². The molecule has 2 saturated heterocycles. The highest BCUT2D eigenvalue weighted by molar-refractivity contribution is 7.10. The van der Waals surface area contributed by atoms with E-state index in [4.69, 9.17) is 5.73 Å². The van der Waals surface area contributed by atoms with Gasteiger partial charge in [0.2, 0.25) is 5.95 Å². The van der Waals surface area contributed by atoms with Crippen LogP contribution in [0.1, 0.15) is 35.9 Å². The summed E-state index contributed by atoms with van der Waals surface area (Å²) in [6.45, 7) is 6.14. The van der Waals surface area contributed by atoms with Crippen LogP contribution in [0.4, 0.5) is 21.6 Å². The molecule has 2 atom stereocenters. The van der Waals surface area contributed by atoms with Crippen LogP contribution in [-0.2, 0) is 0 Å². The van der Waals surface area contributed by atoms with Crippen molar-refractivity contribution in [3.05, 3.63) is 17.5 Å². The number of urea groups is 1. The zero-order chi connectivity index (χ0) is 21.4. The first kappa shape index (κ1) is 20.3. The van der Waals surface area contributed by atoms with Gasteiger partial charge >= 0.3 is 6.03 Å². The normalized spacial score (nSPS) is 22.0. The van der Waals surface area contributed by atoms with Crippen LogP contribution in [0.15, 0.2) is 6.07 Å². The maximum atomic E-state index is 12.5. The molecule has 11 nitrogen and oxygen atoms in total. The van der Waals surface area contributed by atoms with E-state index in [1.165, 1.54) is 11.5 Å². The molecule has 0 radical (unpaired) electrons. The van der Waals surface area contributed by atoms with E-state index in [1.807, 2.05) is 29.8 Å². The van der Waals surface area contributed by atoms with Crippen LogP contribution in [0.2, 0.25) is 0 Å². The number of nitrogens with zero attached hydrogens (tertiary/aromatic N) is 7. The predicted octanol–water partition coefficient (Wildman–Crippen LogP) is 1.20. The van der Waals surface area contributed by atoms with E-state index in [0.717, 1.165) is 43.2 Å². The number of rotatable bonds is 5. The molecule has 2 aliphatic rings. The Morgan fingerprint density at radius 3 is 2.70 bits per heavy atom. The highest BCUT2D eigenvalue weighted by Crippen LogP contribution is 2.29. The fraction of sp³-hybridized carbons (Fsp3) is 0.556. The quantitative estimate of drug-likeness (QED) is 0.721. The van der Waals surface area contributed by atoms with Gasteiger partial charge in [-0.25, -0.2) is 4.79 Å². The zero-order valence-corrected chi connectivity index (χ0v) is 18.0. The lowest BCUT2D eigenvalue weighted by molar-refractivity contribution is 0.0995. The summed E-state index contributed by atoms with van der Waals surface area (Å²) >= 11 is 1.26. The van der Waals surface area contributed by atoms with Gasteiger partial charge < -0.3 is 25.8 Å². The third-order valence-electron chi connectivity index (χ3n) is 5.63. The Kier molecular flexibility index (Phi) is 5.41. The minimum atomic E-state index is -0.708. The summed E-state index contributed by atoms with van der Waals surface area (Å²) in [6.07, 6.45) is 1.83. The summed E-state index contributed by atoms with van der Waals surface area (Å²) in [5, 5.41) is 12.0. The number of piperidine rings is 1. The highest BCUT2D eigenvalue weighted by Gasteiger charge is 2.39. The molecule has 4 rings (SSSR count). The second-order valence-corrected chi connectivity index (χ2v) is 8.48. The van der Waals surface area contributed by atoms with Gasteiger partial charge in [0.05, 0.1) is 11.7 Å². The average Bonchev–Trinajstić information content (AvgIpc) is 3.27. The third-order valence-corrected chi connectivity index (χ3v) is 6.43. The summed E-state index contributed by atoms with van der Waals surface area (Å²) in [4.78, 5) is 34.6. The maximum Gasteiger partial charge on any atom is 0.320 e. The van der Waals surface area contributed by atoms with E-state index < -0.39 is 5.91 Å². The van der Waals surface area contributed by atoms with E-state index in [-0.39, 0.29) is 29.6 Å². The highest BCUT2D eigenvalue weighted by atomic mass is 32.1. The van der Waals surface area contributed by atoms with Crippen molar-refractivity contribution in [2.24, 2.45) is 5.73 Å². The number of primary amides is 1. The average molecular weight is 432 g/mol. The number of nitrogens with one attached hydrogen (secondary N) is 1. The first-order valence-electron chi connectivity index (χ1n) is 9.88. The number of carbonyl (C=O) groups excluding carboxylic acids is 2. The number of hydrogen-bond acceptors (Lipinski definition) is 9. The first-order valence-corrected chi connectivity index (χ1v) is 10.7. The molecule has 30 heavy (non-hydrogen) atoms. The molecule has 0 saturated carbocycles. The van der Waals surface area contributed by atoms with Crippen molar-refractivity contribution in [3.63, 3.8) is 0 Å². The lowest BCUT2D eigenvalue weighted by atomic mass is 9.96. The Balaban J connectivity index is 1.61. The number of nitrogens with two attached hydrogens (primary N) is 1. The van der Waals surface area contributed by atoms with E-state index in [9.17, 15) is 9.59 Å². The summed E-state index contributed by atoms with van der Waals surface area (Å²) in [5.41, 5.74) is 6.30. The monoisotopic (exact) mass is 431 g/mol. The molecule has 0 spiro atoms. The maximum absolute atomic E-state index is 12.5. The molecule has 12 heteroatoms. The van der Waals surface area contributed by atoms with Crippen LogP contribution >= 0.6 is 11.5 Å². The summed E-state index contributed by atoms with van der Waals surface area (Å²) < 4.78 is 4.23. The molecule has 2 fully saturated rings. The minimum Gasteiger partial charge on any atom is -0.364 e. The molecule has 4 heterocycles. The zero-order valence-electron chi connectivity index (χ0n) is 17.2. The van der Waals surface area contributed by atoms with Crippen LogP contribution < -0.4 is 16.0 Å². The fourth-order valence-electron chi connectivity index (χ4n) is 4.03. The van der Waals surface area contributed by atoms with Crippen LogP contribution in [0.5, 0.6) is 0 Å². The molecular formula is C18H25N9O2S. The van der Waals surface area contributed by atoms with E-state index >= 15 is 0 Å². The molecule has 0 unspecified atom stereocenters. The number of carbonyl (C=O) groups is 2. The van der Waals surface area contributed by atoms with Crippen molar-refractivity contribution < 1.29 is 9.59 Å². The Morgan fingerprint density at radius 1 is 1.27 bits per heavy atom. The lowest BCUT2D eigenvalue weighted by Gasteiger charge is -2.42. The van der Waals surface area contributed by atoms with E-state index in [2.05, 4.69) is 31.8 Å². The molecule has 3 N–H and O–H groups in total. The Morgan fingerprint density at radius 2 is 2.07 bits per heavy atom. The minimum absolute atomic E-state index is 0.00827. The number of anilines is 3. The third kappa shape index (κ3) is 3.74. The number of amides is 3. The van der Waals surface area contributed by atoms with E-state index in [0.29, 0.717) is 5.95 Å². The Bertz CT molecular complexity index is 965. The topological polar surface area (TPSA) is 133 Å². The van der Waals surface area contributed by atoms with Gasteiger partial charge in [-0.05, 0) is 44.3 Å². The second-order valence-electron chi connectivity index (χ2n) is 7.67. The van der Waals surface area contributed by atoms with Crippen molar-refractivity contribution >= 4 is 40.2 Å². The van der Waals surface area contributed by atoms with Crippen LogP contribution in [0.3, 0.4) is 0 Å². The van der Waals surface area contributed by atoms with Gasteiger partial charge in [0.1, 0.15) is 5.00 Å². The number of aryl methyl sites for hydroxylation is 1. The Hall–Kier alpha value is -3.02. The van der Waals surface area contributed by atoms with Crippen molar-refractivity contribution in [3.8, 4) is 0 Å². The van der Waals surface area contributed by atoms with Crippen molar-refractivity contribution in [2.45, 2.75) is 38.8 Å². The van der Waals surface area contributed by atoms with Gasteiger partial charge in [0.25, 0.3) is 5.91 Å². The van der Waals surface area contributed by atoms with Crippen molar-refractivity contribution in [1.82, 2.24) is 29.4 Å². The number of aromatic nitrogens is 4. The van der Waals surface area contributed by atoms with Gasteiger partial charge in [-0.15, -0.1) is 10.2 Å². The van der Waals surface area contributed by atoms with Crippen LogP contribution in [0.25, 0.3) is 0 Å². The summed E-state index contributed by atoms with van der Waals surface area (Å²) in [6, 6.07) is 1.98. The molecule has 3 amide bonds. The summed E-state index contributed by atoms with van der Waals surface area (Å²) in [7, 11) is 1.82. The lowest BCUT2D eigenvalue weighted by Crippen LogP contribution is -2.55. The van der Waals surface area contributed by atoms with Crippen molar-refractivity contribution in [1.29, 1.82) is 0 Å². The second kappa shape index (κ2) is 8.01. The molecule has 160 valence electrons. The smallest absolute Gasteiger partial charge is 0.320 e. The largest absolute Gasteiger partial charge is 0.364 e. The SMILES string of the molecule is Cc1cc(Nc2nc(N3CCC[C@@H](N4CCN(C)C4=O)[C@H]3C)nnc2C(N)=O)sn1. The molecule has 0 bridgehead atoms.